The number of carboxylic acid groups (broad SMARTS) is 1. The number of aromatic hydroxyl groups is 1. The first-order chi connectivity index (χ1) is 8.58. The Morgan fingerprint density at radius 2 is 2.28 bits per heavy atom. The average molecular weight is 249 g/mol. The Morgan fingerprint density at radius 3 is 2.94 bits per heavy atom. The lowest BCUT2D eigenvalue weighted by molar-refractivity contribution is -0.147. The fraction of sp³-hybridized carbons (Fsp3) is 0.500. The molecule has 1 heterocycles. The van der Waals surface area contributed by atoms with Gasteiger partial charge in [0.2, 0.25) is 0 Å². The Bertz CT molecular complexity index is 433. The van der Waals surface area contributed by atoms with Crippen LogP contribution in [0.5, 0.6) is 5.75 Å². The maximum atomic E-state index is 11.3. The lowest BCUT2D eigenvalue weighted by Gasteiger charge is -2.37. The topological polar surface area (TPSA) is 60.8 Å². The third-order valence-electron chi connectivity index (χ3n) is 3.59. The van der Waals surface area contributed by atoms with Crippen LogP contribution in [0.1, 0.15) is 25.3 Å². The van der Waals surface area contributed by atoms with Gasteiger partial charge in [-0.15, -0.1) is 0 Å². The van der Waals surface area contributed by atoms with Crippen molar-refractivity contribution in [3.63, 3.8) is 0 Å². The summed E-state index contributed by atoms with van der Waals surface area (Å²) in [5, 5.41) is 18.8. The SMILES string of the molecule is CC1CCCN(Cc2cccc(O)c2)C1C(=O)O. The van der Waals surface area contributed by atoms with E-state index in [-0.39, 0.29) is 11.7 Å². The Balaban J connectivity index is 2.13. The smallest absolute Gasteiger partial charge is 0.321 e. The molecule has 2 N–H and O–H groups in total. The third-order valence-corrected chi connectivity index (χ3v) is 3.59. The number of nitrogens with zero attached hydrogens (tertiary/aromatic N) is 1. The molecule has 18 heavy (non-hydrogen) atoms. The summed E-state index contributed by atoms with van der Waals surface area (Å²) in [5.74, 6) is -0.347. The molecule has 0 aliphatic carbocycles. The molecular formula is C14H19NO3. The van der Waals surface area contributed by atoms with Gasteiger partial charge < -0.3 is 10.2 Å². The predicted molar refractivity (Wildman–Crippen MR) is 68.3 cm³/mol. The summed E-state index contributed by atoms with van der Waals surface area (Å²) in [6.45, 7) is 3.38. The van der Waals surface area contributed by atoms with E-state index >= 15 is 0 Å². The molecule has 4 heteroatoms. The number of phenols is 1. The summed E-state index contributed by atoms with van der Waals surface area (Å²) in [6, 6.07) is 6.60. The van der Waals surface area contributed by atoms with Crippen LogP contribution in [0.25, 0.3) is 0 Å². The summed E-state index contributed by atoms with van der Waals surface area (Å²) in [7, 11) is 0. The van der Waals surface area contributed by atoms with Gasteiger partial charge >= 0.3 is 5.97 Å². The van der Waals surface area contributed by atoms with Crippen LogP contribution in [0, 0.1) is 5.92 Å². The highest BCUT2D eigenvalue weighted by Crippen LogP contribution is 2.25. The van der Waals surface area contributed by atoms with E-state index in [1.807, 2.05) is 17.9 Å². The van der Waals surface area contributed by atoms with Crippen LogP contribution < -0.4 is 0 Å². The second kappa shape index (κ2) is 5.40. The van der Waals surface area contributed by atoms with Crippen molar-refractivity contribution in [2.24, 2.45) is 5.92 Å². The number of rotatable bonds is 3. The molecule has 2 rings (SSSR count). The molecule has 1 saturated heterocycles. The second-order valence-corrected chi connectivity index (χ2v) is 5.04. The first-order valence-electron chi connectivity index (χ1n) is 6.32. The van der Waals surface area contributed by atoms with Gasteiger partial charge in [-0.3, -0.25) is 9.69 Å². The van der Waals surface area contributed by atoms with E-state index in [2.05, 4.69) is 0 Å². The van der Waals surface area contributed by atoms with Crippen molar-refractivity contribution in [1.82, 2.24) is 4.90 Å². The van der Waals surface area contributed by atoms with Crippen LogP contribution in [0.3, 0.4) is 0 Å². The van der Waals surface area contributed by atoms with Gasteiger partial charge in [0.25, 0.3) is 0 Å². The molecule has 1 fully saturated rings. The van der Waals surface area contributed by atoms with Crippen LogP contribution in [0.15, 0.2) is 24.3 Å². The largest absolute Gasteiger partial charge is 0.508 e. The van der Waals surface area contributed by atoms with Crippen molar-refractivity contribution < 1.29 is 15.0 Å². The second-order valence-electron chi connectivity index (χ2n) is 5.04. The van der Waals surface area contributed by atoms with Gasteiger partial charge in [-0.25, -0.2) is 0 Å². The molecule has 0 saturated carbocycles. The van der Waals surface area contributed by atoms with Crippen LogP contribution in [-0.2, 0) is 11.3 Å². The number of carbonyl (C=O) groups is 1. The van der Waals surface area contributed by atoms with E-state index < -0.39 is 12.0 Å². The van der Waals surface area contributed by atoms with Gasteiger partial charge in [0.1, 0.15) is 11.8 Å². The number of benzene rings is 1. The van der Waals surface area contributed by atoms with Gasteiger partial charge in [-0.05, 0) is 43.0 Å². The number of carboxylic acids is 1. The standard InChI is InChI=1S/C14H19NO3/c1-10-4-3-7-15(13(10)14(17)18)9-11-5-2-6-12(16)8-11/h2,5-6,8,10,13,16H,3-4,7,9H2,1H3,(H,17,18). The fourth-order valence-corrected chi connectivity index (χ4v) is 2.74. The van der Waals surface area contributed by atoms with E-state index in [1.165, 1.54) is 0 Å². The van der Waals surface area contributed by atoms with E-state index in [1.54, 1.807) is 18.2 Å². The molecule has 0 radical (unpaired) electrons. The Kier molecular flexibility index (Phi) is 3.87. The Hall–Kier alpha value is -1.55. The lowest BCUT2D eigenvalue weighted by atomic mass is 9.90. The molecule has 0 aromatic heterocycles. The molecule has 98 valence electrons. The quantitative estimate of drug-likeness (QED) is 0.861. The molecule has 1 aromatic rings. The Morgan fingerprint density at radius 1 is 1.50 bits per heavy atom. The highest BCUT2D eigenvalue weighted by Gasteiger charge is 2.33. The van der Waals surface area contributed by atoms with Crippen molar-refractivity contribution in [1.29, 1.82) is 0 Å². The summed E-state index contributed by atoms with van der Waals surface area (Å²) >= 11 is 0. The highest BCUT2D eigenvalue weighted by atomic mass is 16.4. The number of phenolic OH excluding ortho intramolecular Hbond substituents is 1. The minimum Gasteiger partial charge on any atom is -0.508 e. The molecule has 1 aliphatic rings. The van der Waals surface area contributed by atoms with Gasteiger partial charge in [0, 0.05) is 6.54 Å². The van der Waals surface area contributed by atoms with Crippen LogP contribution in [0.2, 0.25) is 0 Å². The van der Waals surface area contributed by atoms with Gasteiger partial charge in [-0.2, -0.15) is 0 Å². The summed E-state index contributed by atoms with van der Waals surface area (Å²) in [6.07, 6.45) is 2.00. The first kappa shape index (κ1) is 12.9. The maximum absolute atomic E-state index is 11.3. The number of likely N-dealkylation sites (tertiary alicyclic amines) is 1. The minimum atomic E-state index is -0.748. The molecule has 0 amide bonds. The van der Waals surface area contributed by atoms with Crippen LogP contribution in [-0.4, -0.2) is 33.7 Å². The van der Waals surface area contributed by atoms with Crippen LogP contribution >= 0.6 is 0 Å². The van der Waals surface area contributed by atoms with Gasteiger partial charge in [0.15, 0.2) is 0 Å². The molecule has 2 atom stereocenters. The lowest BCUT2D eigenvalue weighted by Crippen LogP contribution is -2.48. The molecule has 1 aliphatic heterocycles. The van der Waals surface area contributed by atoms with E-state index in [9.17, 15) is 15.0 Å². The zero-order chi connectivity index (χ0) is 13.1. The maximum Gasteiger partial charge on any atom is 0.321 e. The first-order valence-corrected chi connectivity index (χ1v) is 6.32. The van der Waals surface area contributed by atoms with E-state index in [0.29, 0.717) is 6.54 Å². The minimum absolute atomic E-state index is 0.175. The van der Waals surface area contributed by atoms with E-state index in [0.717, 1.165) is 24.9 Å². The number of aliphatic carboxylic acids is 1. The monoisotopic (exact) mass is 249 g/mol. The summed E-state index contributed by atoms with van der Waals surface area (Å²) in [5.41, 5.74) is 0.954. The van der Waals surface area contributed by atoms with Gasteiger partial charge in [0.05, 0.1) is 0 Å². The third kappa shape index (κ3) is 2.82. The summed E-state index contributed by atoms with van der Waals surface area (Å²) in [4.78, 5) is 13.3. The van der Waals surface area contributed by atoms with Crippen molar-refractivity contribution in [3.05, 3.63) is 29.8 Å². The zero-order valence-electron chi connectivity index (χ0n) is 10.5. The van der Waals surface area contributed by atoms with Crippen molar-refractivity contribution in [2.45, 2.75) is 32.4 Å². The molecule has 2 unspecified atom stereocenters. The molecule has 1 aromatic carbocycles. The van der Waals surface area contributed by atoms with E-state index in [4.69, 9.17) is 0 Å². The molecule has 0 spiro atoms. The van der Waals surface area contributed by atoms with Gasteiger partial charge in [-0.1, -0.05) is 19.1 Å². The molecule has 4 nitrogen and oxygen atoms in total. The molecule has 0 bridgehead atoms. The normalized spacial score (nSPS) is 24.9. The fourth-order valence-electron chi connectivity index (χ4n) is 2.74. The number of piperidine rings is 1. The van der Waals surface area contributed by atoms with Crippen molar-refractivity contribution in [2.75, 3.05) is 6.54 Å². The predicted octanol–water partition coefficient (Wildman–Crippen LogP) is 2.08. The average Bonchev–Trinajstić information content (AvgIpc) is 2.28. The number of hydrogen-bond donors (Lipinski definition) is 2. The highest BCUT2D eigenvalue weighted by molar-refractivity contribution is 5.74. The van der Waals surface area contributed by atoms with Crippen LogP contribution in [0.4, 0.5) is 0 Å². The molecular weight excluding hydrogens is 230 g/mol. The zero-order valence-corrected chi connectivity index (χ0v) is 10.5. The van der Waals surface area contributed by atoms with Crippen molar-refractivity contribution >= 4 is 5.97 Å². The van der Waals surface area contributed by atoms with Crippen molar-refractivity contribution in [3.8, 4) is 5.75 Å². The number of hydrogen-bond acceptors (Lipinski definition) is 3. The Labute approximate surface area is 107 Å². The summed E-state index contributed by atoms with van der Waals surface area (Å²) < 4.78 is 0.